The zero-order valence-electron chi connectivity index (χ0n) is 11.1. The zero-order valence-corrected chi connectivity index (χ0v) is 11.9. The Balaban J connectivity index is 2.58. The molecule has 0 saturated carbocycles. The molecule has 1 aromatic heterocycles. The van der Waals surface area contributed by atoms with Crippen molar-refractivity contribution in [2.75, 3.05) is 11.9 Å². The third-order valence-corrected chi connectivity index (χ3v) is 2.96. The molecule has 1 heterocycles. The third kappa shape index (κ3) is 4.55. The number of halogens is 1. The molecule has 19 heavy (non-hydrogen) atoms. The van der Waals surface area contributed by atoms with E-state index in [0.29, 0.717) is 25.1 Å². The number of amides is 1. The van der Waals surface area contributed by atoms with Crippen LogP contribution in [-0.2, 0) is 4.79 Å². The highest BCUT2D eigenvalue weighted by Gasteiger charge is 2.10. The van der Waals surface area contributed by atoms with Gasteiger partial charge >= 0.3 is 0 Å². The van der Waals surface area contributed by atoms with Gasteiger partial charge in [0.2, 0.25) is 5.91 Å². The molecule has 1 aromatic rings. The van der Waals surface area contributed by atoms with Crippen molar-refractivity contribution in [3.63, 3.8) is 0 Å². The molecule has 0 radical (unpaired) electrons. The van der Waals surface area contributed by atoms with Gasteiger partial charge in [-0.15, -0.1) is 0 Å². The van der Waals surface area contributed by atoms with Crippen molar-refractivity contribution >= 4 is 23.2 Å². The van der Waals surface area contributed by atoms with Crippen molar-refractivity contribution in [1.29, 1.82) is 0 Å². The van der Waals surface area contributed by atoms with Crippen LogP contribution >= 0.6 is 11.6 Å². The first-order valence-electron chi connectivity index (χ1n) is 6.23. The van der Waals surface area contributed by atoms with Gasteiger partial charge in [-0.3, -0.25) is 9.59 Å². The van der Waals surface area contributed by atoms with Crippen molar-refractivity contribution in [2.24, 2.45) is 5.73 Å². The summed E-state index contributed by atoms with van der Waals surface area (Å²) in [5.74, 6) is -0.306. The lowest BCUT2D eigenvalue weighted by Gasteiger charge is -2.12. The lowest BCUT2D eigenvalue weighted by Crippen LogP contribution is -2.25. The number of nitrogens with zero attached hydrogens (tertiary/aromatic N) is 2. The molecule has 1 amide bonds. The molecule has 0 bridgehead atoms. The van der Waals surface area contributed by atoms with Gasteiger partial charge in [-0.05, 0) is 26.7 Å². The SMILES string of the molecule is CC(C)n1ncc(NCCCCC(N)=O)c(Cl)c1=O. The van der Waals surface area contributed by atoms with Crippen LogP contribution in [0.25, 0.3) is 0 Å². The van der Waals surface area contributed by atoms with Crippen LogP contribution in [0.5, 0.6) is 0 Å². The molecule has 0 aromatic carbocycles. The minimum Gasteiger partial charge on any atom is -0.382 e. The minimum atomic E-state index is -0.307. The quantitative estimate of drug-likeness (QED) is 0.744. The summed E-state index contributed by atoms with van der Waals surface area (Å²) in [5.41, 5.74) is 5.25. The monoisotopic (exact) mass is 286 g/mol. The number of anilines is 1. The van der Waals surface area contributed by atoms with Crippen molar-refractivity contribution in [3.05, 3.63) is 21.6 Å². The molecule has 0 fully saturated rings. The molecule has 0 aliphatic rings. The first-order valence-corrected chi connectivity index (χ1v) is 6.60. The number of primary amides is 1. The van der Waals surface area contributed by atoms with Crippen LogP contribution in [-0.4, -0.2) is 22.2 Å². The molecular formula is C12H19ClN4O2. The van der Waals surface area contributed by atoms with Gasteiger partial charge in [0.1, 0.15) is 5.02 Å². The van der Waals surface area contributed by atoms with Gasteiger partial charge in [0.15, 0.2) is 0 Å². The van der Waals surface area contributed by atoms with Crippen LogP contribution in [0.1, 0.15) is 39.2 Å². The van der Waals surface area contributed by atoms with Crippen LogP contribution in [0.3, 0.4) is 0 Å². The molecule has 0 spiro atoms. The molecule has 0 atom stereocenters. The van der Waals surface area contributed by atoms with E-state index >= 15 is 0 Å². The number of hydrogen-bond donors (Lipinski definition) is 2. The van der Waals surface area contributed by atoms with E-state index in [2.05, 4.69) is 10.4 Å². The fourth-order valence-electron chi connectivity index (χ4n) is 1.58. The number of nitrogens with two attached hydrogens (primary N) is 1. The van der Waals surface area contributed by atoms with Crippen LogP contribution in [0.15, 0.2) is 11.0 Å². The zero-order chi connectivity index (χ0) is 14.4. The van der Waals surface area contributed by atoms with Gasteiger partial charge in [0.05, 0.1) is 17.9 Å². The summed E-state index contributed by atoms with van der Waals surface area (Å²) in [7, 11) is 0. The van der Waals surface area contributed by atoms with Crippen molar-refractivity contribution in [3.8, 4) is 0 Å². The van der Waals surface area contributed by atoms with E-state index in [4.69, 9.17) is 17.3 Å². The normalized spacial score (nSPS) is 10.7. The number of nitrogens with one attached hydrogen (secondary N) is 1. The number of carbonyl (C=O) groups excluding carboxylic acids is 1. The smallest absolute Gasteiger partial charge is 0.287 e. The van der Waals surface area contributed by atoms with Gasteiger partial charge in [-0.1, -0.05) is 11.6 Å². The number of hydrogen-bond acceptors (Lipinski definition) is 4. The molecule has 106 valence electrons. The van der Waals surface area contributed by atoms with Crippen LogP contribution < -0.4 is 16.6 Å². The fourth-order valence-corrected chi connectivity index (χ4v) is 1.79. The van der Waals surface area contributed by atoms with Crippen LogP contribution in [0, 0.1) is 0 Å². The Bertz CT molecular complexity index is 499. The van der Waals surface area contributed by atoms with Gasteiger partial charge in [-0.2, -0.15) is 5.10 Å². The second-order valence-electron chi connectivity index (χ2n) is 4.57. The largest absolute Gasteiger partial charge is 0.382 e. The highest BCUT2D eigenvalue weighted by molar-refractivity contribution is 6.32. The summed E-state index contributed by atoms with van der Waals surface area (Å²) in [6.45, 7) is 4.34. The van der Waals surface area contributed by atoms with Crippen molar-refractivity contribution < 1.29 is 4.79 Å². The maximum absolute atomic E-state index is 11.9. The fraction of sp³-hybridized carbons (Fsp3) is 0.583. The lowest BCUT2D eigenvalue weighted by atomic mass is 10.2. The van der Waals surface area contributed by atoms with E-state index in [1.54, 1.807) is 0 Å². The average molecular weight is 287 g/mol. The first-order chi connectivity index (χ1) is 8.93. The number of rotatable bonds is 7. The predicted octanol–water partition coefficient (Wildman–Crippen LogP) is 1.55. The molecule has 7 heteroatoms. The Morgan fingerprint density at radius 2 is 2.21 bits per heavy atom. The Hall–Kier alpha value is -1.56. The molecule has 0 aliphatic carbocycles. The number of unbranched alkanes of at least 4 members (excludes halogenated alkanes) is 1. The summed E-state index contributed by atoms with van der Waals surface area (Å²) < 4.78 is 1.33. The van der Waals surface area contributed by atoms with Crippen molar-refractivity contribution in [2.45, 2.75) is 39.2 Å². The topological polar surface area (TPSA) is 90.0 Å². The van der Waals surface area contributed by atoms with E-state index in [9.17, 15) is 9.59 Å². The lowest BCUT2D eigenvalue weighted by molar-refractivity contribution is -0.118. The molecule has 3 N–H and O–H groups in total. The molecule has 0 aliphatic heterocycles. The average Bonchev–Trinajstić information content (AvgIpc) is 2.33. The van der Waals surface area contributed by atoms with E-state index < -0.39 is 0 Å². The first kappa shape index (κ1) is 15.5. The maximum atomic E-state index is 11.9. The molecule has 0 saturated heterocycles. The van der Waals surface area contributed by atoms with Crippen LogP contribution in [0.4, 0.5) is 5.69 Å². The molecule has 0 unspecified atom stereocenters. The van der Waals surface area contributed by atoms with Gasteiger partial charge in [-0.25, -0.2) is 4.68 Å². The van der Waals surface area contributed by atoms with Gasteiger partial charge in [0.25, 0.3) is 5.56 Å². The summed E-state index contributed by atoms with van der Waals surface area (Å²) in [4.78, 5) is 22.4. The molecule has 6 nitrogen and oxygen atoms in total. The number of carbonyl (C=O) groups is 1. The van der Waals surface area contributed by atoms with Crippen molar-refractivity contribution in [1.82, 2.24) is 9.78 Å². The second-order valence-corrected chi connectivity index (χ2v) is 4.94. The Morgan fingerprint density at radius 1 is 1.53 bits per heavy atom. The molecular weight excluding hydrogens is 268 g/mol. The van der Waals surface area contributed by atoms with E-state index in [-0.39, 0.29) is 22.5 Å². The van der Waals surface area contributed by atoms with Gasteiger partial charge in [0, 0.05) is 13.0 Å². The summed E-state index contributed by atoms with van der Waals surface area (Å²) >= 11 is 6.00. The van der Waals surface area contributed by atoms with Crippen LogP contribution in [0.2, 0.25) is 5.02 Å². The highest BCUT2D eigenvalue weighted by atomic mass is 35.5. The van der Waals surface area contributed by atoms with E-state index in [0.717, 1.165) is 6.42 Å². The Kier molecular flexibility index (Phi) is 5.82. The maximum Gasteiger partial charge on any atom is 0.287 e. The standard InChI is InChI=1S/C12H19ClN4O2/c1-8(2)17-12(19)11(13)9(7-16-17)15-6-4-3-5-10(14)18/h7-8,15H,3-6H2,1-2H3,(H2,14,18). The summed E-state index contributed by atoms with van der Waals surface area (Å²) in [5, 5.41) is 7.22. The minimum absolute atomic E-state index is 0.0328. The second kappa shape index (κ2) is 7.13. The van der Waals surface area contributed by atoms with Gasteiger partial charge < -0.3 is 11.1 Å². The summed E-state index contributed by atoms with van der Waals surface area (Å²) in [6, 6.07) is -0.0328. The van der Waals surface area contributed by atoms with E-state index in [1.807, 2.05) is 13.8 Å². The highest BCUT2D eigenvalue weighted by Crippen LogP contribution is 2.16. The Morgan fingerprint density at radius 3 is 2.79 bits per heavy atom. The number of aromatic nitrogens is 2. The Labute approximate surface area is 116 Å². The summed E-state index contributed by atoms with van der Waals surface area (Å²) in [6.07, 6.45) is 3.38. The third-order valence-electron chi connectivity index (χ3n) is 2.60. The van der Waals surface area contributed by atoms with E-state index in [1.165, 1.54) is 10.9 Å². The molecule has 1 rings (SSSR count). The predicted molar refractivity (Wildman–Crippen MR) is 75.4 cm³/mol.